The second-order valence-electron chi connectivity index (χ2n) is 7.95. The molecular weight excluding hydrogens is 339 g/mol. The summed E-state index contributed by atoms with van der Waals surface area (Å²) in [6, 6.07) is 8.11. The molecule has 1 saturated carbocycles. The first-order valence-corrected chi connectivity index (χ1v) is 10.1. The van der Waals surface area contributed by atoms with Gasteiger partial charge in [0.05, 0.1) is 6.10 Å². The Morgan fingerprint density at radius 1 is 1.04 bits per heavy atom. The highest BCUT2D eigenvalue weighted by molar-refractivity contribution is 5.65. The number of fused-ring (bicyclic) bond motifs is 1. The summed E-state index contributed by atoms with van der Waals surface area (Å²) in [6.45, 7) is 6.00. The van der Waals surface area contributed by atoms with Gasteiger partial charge in [-0.3, -0.25) is 0 Å². The van der Waals surface area contributed by atoms with Crippen LogP contribution in [-0.2, 0) is 13.0 Å². The second kappa shape index (κ2) is 7.41. The Bertz CT molecular complexity index is 822. The van der Waals surface area contributed by atoms with Gasteiger partial charge in [0.15, 0.2) is 11.6 Å². The molecule has 0 radical (unpaired) electrons. The molecule has 4 rings (SSSR count). The maximum absolute atomic E-state index is 14.6. The highest BCUT2D eigenvalue weighted by atomic mass is 19.1. The normalized spacial score (nSPS) is 17.1. The van der Waals surface area contributed by atoms with Gasteiger partial charge in [-0.15, -0.1) is 0 Å². The van der Waals surface area contributed by atoms with Crippen molar-refractivity contribution in [3.63, 3.8) is 0 Å². The monoisotopic (exact) mass is 368 g/mol. The molecule has 0 atom stereocenters. The molecule has 0 saturated heterocycles. The van der Waals surface area contributed by atoms with Crippen molar-refractivity contribution in [2.45, 2.75) is 58.6 Å². The van der Waals surface area contributed by atoms with E-state index < -0.39 is 0 Å². The first kappa shape index (κ1) is 18.1. The van der Waals surface area contributed by atoms with Gasteiger partial charge in [0.1, 0.15) is 0 Å². The van der Waals surface area contributed by atoms with E-state index in [-0.39, 0.29) is 11.9 Å². The Morgan fingerprint density at radius 3 is 2.41 bits per heavy atom. The van der Waals surface area contributed by atoms with Gasteiger partial charge >= 0.3 is 0 Å². The van der Waals surface area contributed by atoms with Crippen molar-refractivity contribution in [2.75, 3.05) is 23.8 Å². The van der Waals surface area contributed by atoms with Crippen LogP contribution in [0.2, 0.25) is 0 Å². The first-order valence-electron chi connectivity index (χ1n) is 10.1. The summed E-state index contributed by atoms with van der Waals surface area (Å²) in [7, 11) is 1.96. The van der Waals surface area contributed by atoms with Crippen molar-refractivity contribution < 1.29 is 9.13 Å². The van der Waals surface area contributed by atoms with E-state index >= 15 is 0 Å². The maximum Gasteiger partial charge on any atom is 0.165 e. The molecular formula is C23H29FN2O. The van der Waals surface area contributed by atoms with E-state index in [2.05, 4.69) is 36.2 Å². The minimum absolute atomic E-state index is 0.205. The lowest BCUT2D eigenvalue weighted by atomic mass is 9.96. The molecule has 0 spiro atoms. The maximum atomic E-state index is 14.6. The molecule has 0 unspecified atom stereocenters. The van der Waals surface area contributed by atoms with Gasteiger partial charge in [-0.25, -0.2) is 4.39 Å². The summed E-state index contributed by atoms with van der Waals surface area (Å²) < 4.78 is 20.5. The molecule has 0 bridgehead atoms. The number of nitrogens with zero attached hydrogens (tertiary/aromatic N) is 1. The van der Waals surface area contributed by atoms with Crippen LogP contribution in [0.1, 0.15) is 47.9 Å². The van der Waals surface area contributed by atoms with E-state index in [1.54, 1.807) is 6.07 Å². The van der Waals surface area contributed by atoms with Gasteiger partial charge in [-0.05, 0) is 92.5 Å². The van der Waals surface area contributed by atoms with Gasteiger partial charge < -0.3 is 15.0 Å². The van der Waals surface area contributed by atoms with Crippen LogP contribution in [0, 0.1) is 19.7 Å². The molecule has 4 heteroatoms. The van der Waals surface area contributed by atoms with Crippen LogP contribution in [0.3, 0.4) is 0 Å². The predicted molar refractivity (Wildman–Crippen MR) is 110 cm³/mol. The number of aryl methyl sites for hydroxylation is 3. The molecule has 1 fully saturated rings. The lowest BCUT2D eigenvalue weighted by Crippen LogP contribution is -2.25. The van der Waals surface area contributed by atoms with E-state index in [9.17, 15) is 4.39 Å². The second-order valence-corrected chi connectivity index (χ2v) is 7.95. The molecule has 0 aromatic heterocycles. The third-order valence-corrected chi connectivity index (χ3v) is 5.97. The van der Waals surface area contributed by atoms with Crippen molar-refractivity contribution in [3.8, 4) is 5.75 Å². The number of nitrogens with one attached hydrogen (secondary N) is 1. The largest absolute Gasteiger partial charge is 0.487 e. The fourth-order valence-corrected chi connectivity index (χ4v) is 4.26. The molecule has 2 aromatic rings. The van der Waals surface area contributed by atoms with E-state index in [1.165, 1.54) is 34.5 Å². The summed E-state index contributed by atoms with van der Waals surface area (Å²) in [6.07, 6.45) is 5.53. The molecule has 1 heterocycles. The summed E-state index contributed by atoms with van der Waals surface area (Å²) in [5.74, 6) is 0.220. The number of ether oxygens (including phenoxy) is 1. The van der Waals surface area contributed by atoms with Gasteiger partial charge in [-0.2, -0.15) is 0 Å². The number of rotatable bonds is 4. The summed E-state index contributed by atoms with van der Waals surface area (Å²) in [5.41, 5.74) is 7.21. The third-order valence-electron chi connectivity index (χ3n) is 5.97. The van der Waals surface area contributed by atoms with Crippen molar-refractivity contribution in [1.82, 2.24) is 0 Å². The molecule has 2 aliphatic rings. The molecule has 1 N–H and O–H groups in total. The van der Waals surface area contributed by atoms with Crippen LogP contribution in [0.25, 0.3) is 0 Å². The molecule has 144 valence electrons. The van der Waals surface area contributed by atoms with Gasteiger partial charge in [0.25, 0.3) is 0 Å². The van der Waals surface area contributed by atoms with Crippen molar-refractivity contribution >= 4 is 11.4 Å². The van der Waals surface area contributed by atoms with Crippen molar-refractivity contribution in [3.05, 3.63) is 52.3 Å². The standard InChI is InChI=1S/C23H29FN2O/c1-15-10-19(11-16(2)23(15)25-3)26-9-5-6-17-13-22(27-20-7-4-8-20)21(24)12-18(17)14-26/h10-13,20,25H,4-9,14H2,1-3H3. The van der Waals surface area contributed by atoms with Crippen molar-refractivity contribution in [1.29, 1.82) is 0 Å². The number of halogens is 1. The highest BCUT2D eigenvalue weighted by Crippen LogP contribution is 2.33. The molecule has 1 aliphatic carbocycles. The fourth-order valence-electron chi connectivity index (χ4n) is 4.26. The zero-order chi connectivity index (χ0) is 19.0. The van der Waals surface area contributed by atoms with E-state index in [4.69, 9.17) is 4.74 Å². The predicted octanol–water partition coefficient (Wildman–Crippen LogP) is 5.37. The van der Waals surface area contributed by atoms with Crippen LogP contribution in [0.5, 0.6) is 5.75 Å². The van der Waals surface area contributed by atoms with Crippen LogP contribution in [-0.4, -0.2) is 19.7 Å². The Balaban J connectivity index is 1.60. The van der Waals surface area contributed by atoms with E-state index in [0.29, 0.717) is 5.75 Å². The summed E-state index contributed by atoms with van der Waals surface area (Å²) in [4.78, 5) is 2.37. The molecule has 3 nitrogen and oxygen atoms in total. The molecule has 27 heavy (non-hydrogen) atoms. The number of anilines is 2. The Hall–Kier alpha value is -2.23. The number of hydrogen-bond acceptors (Lipinski definition) is 3. The minimum Gasteiger partial charge on any atom is -0.487 e. The van der Waals surface area contributed by atoms with Gasteiger partial charge in [0, 0.05) is 31.5 Å². The Kier molecular flexibility index (Phi) is 4.98. The zero-order valence-electron chi connectivity index (χ0n) is 16.6. The molecule has 1 aliphatic heterocycles. The lowest BCUT2D eigenvalue weighted by Gasteiger charge is -2.27. The summed E-state index contributed by atoms with van der Waals surface area (Å²) in [5, 5.41) is 3.28. The Labute approximate surface area is 161 Å². The van der Waals surface area contributed by atoms with Crippen LogP contribution < -0.4 is 15.0 Å². The van der Waals surface area contributed by atoms with E-state index in [1.807, 2.05) is 13.1 Å². The Morgan fingerprint density at radius 2 is 1.78 bits per heavy atom. The topological polar surface area (TPSA) is 24.5 Å². The lowest BCUT2D eigenvalue weighted by molar-refractivity contribution is 0.115. The SMILES string of the molecule is CNc1c(C)cc(N2CCCc3cc(OC4CCC4)c(F)cc3C2)cc1C. The summed E-state index contributed by atoms with van der Waals surface area (Å²) >= 11 is 0. The van der Waals surface area contributed by atoms with Gasteiger partial charge in [0.2, 0.25) is 0 Å². The quantitative estimate of drug-likeness (QED) is 0.785. The average molecular weight is 368 g/mol. The minimum atomic E-state index is -0.222. The van der Waals surface area contributed by atoms with Crippen molar-refractivity contribution in [2.24, 2.45) is 0 Å². The van der Waals surface area contributed by atoms with E-state index in [0.717, 1.165) is 44.3 Å². The molecule has 2 aromatic carbocycles. The highest BCUT2D eigenvalue weighted by Gasteiger charge is 2.23. The average Bonchev–Trinajstić information content (AvgIpc) is 2.79. The number of hydrogen-bond donors (Lipinski definition) is 1. The first-order chi connectivity index (χ1) is 13.0. The zero-order valence-corrected chi connectivity index (χ0v) is 16.6. The third kappa shape index (κ3) is 3.62. The van der Waals surface area contributed by atoms with Crippen LogP contribution in [0.15, 0.2) is 24.3 Å². The van der Waals surface area contributed by atoms with Crippen LogP contribution in [0.4, 0.5) is 15.8 Å². The number of benzene rings is 2. The molecule has 0 amide bonds. The van der Waals surface area contributed by atoms with Crippen LogP contribution >= 0.6 is 0 Å². The smallest absolute Gasteiger partial charge is 0.165 e. The fraction of sp³-hybridized carbons (Fsp3) is 0.478. The van der Waals surface area contributed by atoms with Gasteiger partial charge in [-0.1, -0.05) is 0 Å².